The molecule has 0 saturated heterocycles. The highest BCUT2D eigenvalue weighted by atomic mass is 16.6. The normalized spacial score (nSPS) is 10.2. The molecule has 0 fully saturated rings. The third-order valence-electron chi connectivity index (χ3n) is 2.35. The van der Waals surface area contributed by atoms with Gasteiger partial charge in [0.2, 0.25) is 0 Å². The van der Waals surface area contributed by atoms with E-state index in [1.807, 2.05) is 0 Å². The molecule has 0 unspecified atom stereocenters. The maximum absolute atomic E-state index is 11.3. The fraction of sp³-hybridized carbons (Fsp3) is 0. The molecule has 18 heavy (non-hydrogen) atoms. The van der Waals surface area contributed by atoms with E-state index < -0.39 is 21.7 Å². The van der Waals surface area contributed by atoms with E-state index >= 15 is 0 Å². The minimum atomic E-state index is -1.04. The molecule has 0 amide bonds. The van der Waals surface area contributed by atoms with Crippen LogP contribution in [0.1, 0.15) is 5.56 Å². The first kappa shape index (κ1) is 11.3. The summed E-state index contributed by atoms with van der Waals surface area (Å²) in [7, 11) is 0. The topological polar surface area (TPSA) is 148 Å². The van der Waals surface area contributed by atoms with Gasteiger partial charge in [0, 0.05) is 6.07 Å². The number of nitro benzene ring substituents is 1. The van der Waals surface area contributed by atoms with E-state index in [0.717, 1.165) is 12.1 Å². The Hall–Kier alpha value is -3.15. The number of H-pyrrole nitrogens is 1. The van der Waals surface area contributed by atoms with Crippen LogP contribution in [0.15, 0.2) is 21.7 Å². The summed E-state index contributed by atoms with van der Waals surface area (Å²) in [5, 5.41) is 19.5. The van der Waals surface area contributed by atoms with Crippen molar-refractivity contribution in [1.29, 1.82) is 5.26 Å². The molecule has 3 N–H and O–H groups in total. The lowest BCUT2D eigenvalue weighted by Gasteiger charge is -2.04. The van der Waals surface area contributed by atoms with Gasteiger partial charge in [-0.3, -0.25) is 19.7 Å². The zero-order chi connectivity index (χ0) is 13.4. The second kappa shape index (κ2) is 3.70. The summed E-state index contributed by atoms with van der Waals surface area (Å²) in [6, 6.07) is 3.69. The summed E-state index contributed by atoms with van der Waals surface area (Å²) in [6.07, 6.45) is 0. The van der Waals surface area contributed by atoms with Crippen molar-refractivity contribution in [2.45, 2.75) is 0 Å². The standard InChI is InChI=1S/C9H5N5O4/c10-3-4-1-5-7(2-6(4)14(17)18)13(11)9(16)8(15)12-5/h1-2H,11H2,(H,12,15). The quantitative estimate of drug-likeness (QED) is 0.291. The zero-order valence-electron chi connectivity index (χ0n) is 8.71. The van der Waals surface area contributed by atoms with Crippen molar-refractivity contribution in [2.75, 3.05) is 5.84 Å². The monoisotopic (exact) mass is 247 g/mol. The second-order valence-electron chi connectivity index (χ2n) is 3.38. The van der Waals surface area contributed by atoms with Crippen LogP contribution in [0.2, 0.25) is 0 Å². The molecule has 90 valence electrons. The molecule has 9 heteroatoms. The minimum Gasteiger partial charge on any atom is -0.336 e. The van der Waals surface area contributed by atoms with E-state index in [2.05, 4.69) is 4.98 Å². The highest BCUT2D eigenvalue weighted by Gasteiger charge is 2.17. The minimum absolute atomic E-state index is 0.0368. The number of aromatic nitrogens is 2. The number of rotatable bonds is 1. The van der Waals surface area contributed by atoms with Gasteiger partial charge in [0.15, 0.2) is 0 Å². The molecule has 1 heterocycles. The Morgan fingerprint density at radius 1 is 1.44 bits per heavy atom. The number of fused-ring (bicyclic) bond motifs is 1. The SMILES string of the molecule is N#Cc1cc2[nH]c(=O)c(=O)n(N)c2cc1[N+](=O)[O-]. The van der Waals surface area contributed by atoms with E-state index in [4.69, 9.17) is 11.1 Å². The second-order valence-corrected chi connectivity index (χ2v) is 3.38. The summed E-state index contributed by atoms with van der Waals surface area (Å²) < 4.78 is 0.502. The zero-order valence-corrected chi connectivity index (χ0v) is 8.71. The summed E-state index contributed by atoms with van der Waals surface area (Å²) in [5.74, 6) is 5.36. The Bertz CT molecular complexity index is 826. The Morgan fingerprint density at radius 3 is 2.67 bits per heavy atom. The third kappa shape index (κ3) is 1.49. The maximum atomic E-state index is 11.3. The first-order chi connectivity index (χ1) is 8.45. The number of hydrogen-bond donors (Lipinski definition) is 2. The van der Waals surface area contributed by atoms with Crippen molar-refractivity contribution in [1.82, 2.24) is 9.66 Å². The molecule has 2 aromatic rings. The van der Waals surface area contributed by atoms with Gasteiger partial charge in [-0.2, -0.15) is 5.26 Å². The smallest absolute Gasteiger partial charge is 0.334 e. The van der Waals surface area contributed by atoms with Gasteiger partial charge >= 0.3 is 11.1 Å². The Balaban J connectivity index is 3.03. The summed E-state index contributed by atoms with van der Waals surface area (Å²) in [4.78, 5) is 34.6. The largest absolute Gasteiger partial charge is 0.336 e. The molecule has 1 aromatic carbocycles. The summed E-state index contributed by atoms with van der Waals surface area (Å²) >= 11 is 0. The van der Waals surface area contributed by atoms with Gasteiger partial charge in [-0.05, 0) is 6.07 Å². The van der Waals surface area contributed by atoms with Crippen molar-refractivity contribution in [3.8, 4) is 6.07 Å². The van der Waals surface area contributed by atoms with E-state index in [1.54, 1.807) is 6.07 Å². The summed E-state index contributed by atoms with van der Waals surface area (Å²) in [5.41, 5.74) is -2.70. The molecule has 0 aliphatic rings. The lowest BCUT2D eigenvalue weighted by atomic mass is 10.1. The van der Waals surface area contributed by atoms with Gasteiger partial charge in [0.05, 0.1) is 16.0 Å². The molecular weight excluding hydrogens is 242 g/mol. The van der Waals surface area contributed by atoms with Crippen LogP contribution in [-0.4, -0.2) is 14.6 Å². The van der Waals surface area contributed by atoms with E-state index in [1.165, 1.54) is 0 Å². The first-order valence-electron chi connectivity index (χ1n) is 4.58. The Morgan fingerprint density at radius 2 is 2.11 bits per heavy atom. The van der Waals surface area contributed by atoms with Gasteiger partial charge in [0.25, 0.3) is 5.69 Å². The highest BCUT2D eigenvalue weighted by molar-refractivity contribution is 5.80. The van der Waals surface area contributed by atoms with Gasteiger partial charge in [-0.25, -0.2) is 4.68 Å². The van der Waals surface area contributed by atoms with Crippen LogP contribution < -0.4 is 17.0 Å². The average molecular weight is 247 g/mol. The van der Waals surface area contributed by atoms with Crippen molar-refractivity contribution in [3.05, 3.63) is 48.5 Å². The number of nitro groups is 1. The Labute approximate surface area is 97.8 Å². The molecule has 0 atom stereocenters. The molecular formula is C9H5N5O4. The number of benzene rings is 1. The van der Waals surface area contributed by atoms with Crippen LogP contribution in [0.4, 0.5) is 5.69 Å². The third-order valence-corrected chi connectivity index (χ3v) is 2.35. The fourth-order valence-electron chi connectivity index (χ4n) is 1.51. The van der Waals surface area contributed by atoms with Gasteiger partial charge in [-0.15, -0.1) is 0 Å². The predicted molar refractivity (Wildman–Crippen MR) is 60.3 cm³/mol. The predicted octanol–water partition coefficient (Wildman–Crippen LogP) is -0.817. The number of nitrogen functional groups attached to an aromatic ring is 1. The van der Waals surface area contributed by atoms with Crippen molar-refractivity contribution in [3.63, 3.8) is 0 Å². The lowest BCUT2D eigenvalue weighted by molar-refractivity contribution is -0.385. The molecule has 0 aliphatic carbocycles. The highest BCUT2D eigenvalue weighted by Crippen LogP contribution is 2.22. The number of nitrogens with one attached hydrogen (secondary N) is 1. The molecule has 0 radical (unpaired) electrons. The van der Waals surface area contributed by atoms with Crippen LogP contribution in [0.3, 0.4) is 0 Å². The lowest BCUT2D eigenvalue weighted by Crippen LogP contribution is -2.40. The van der Waals surface area contributed by atoms with Crippen LogP contribution in [0.5, 0.6) is 0 Å². The van der Waals surface area contributed by atoms with Crippen molar-refractivity contribution >= 4 is 16.7 Å². The van der Waals surface area contributed by atoms with Crippen molar-refractivity contribution < 1.29 is 4.92 Å². The molecule has 1 aromatic heterocycles. The first-order valence-corrected chi connectivity index (χ1v) is 4.58. The molecule has 9 nitrogen and oxygen atoms in total. The van der Waals surface area contributed by atoms with E-state index in [-0.39, 0.29) is 16.6 Å². The van der Waals surface area contributed by atoms with Crippen LogP contribution in [-0.2, 0) is 0 Å². The number of hydrogen-bond acceptors (Lipinski definition) is 6. The number of nitrogens with two attached hydrogens (primary N) is 1. The van der Waals surface area contributed by atoms with E-state index in [0.29, 0.717) is 4.68 Å². The number of aromatic amines is 1. The number of nitriles is 1. The Kier molecular flexibility index (Phi) is 2.33. The van der Waals surface area contributed by atoms with Crippen molar-refractivity contribution in [2.24, 2.45) is 0 Å². The fourth-order valence-corrected chi connectivity index (χ4v) is 1.51. The molecule has 0 bridgehead atoms. The summed E-state index contributed by atoms with van der Waals surface area (Å²) in [6.45, 7) is 0. The van der Waals surface area contributed by atoms with Crippen LogP contribution in [0.25, 0.3) is 11.0 Å². The van der Waals surface area contributed by atoms with Gasteiger partial charge in [-0.1, -0.05) is 0 Å². The maximum Gasteiger partial charge on any atom is 0.334 e. The molecule has 0 spiro atoms. The number of nitrogens with zero attached hydrogens (tertiary/aromatic N) is 3. The molecule has 2 rings (SSSR count). The van der Waals surface area contributed by atoms with Gasteiger partial charge in [0.1, 0.15) is 11.6 Å². The van der Waals surface area contributed by atoms with E-state index in [9.17, 15) is 19.7 Å². The van der Waals surface area contributed by atoms with Gasteiger partial charge < -0.3 is 10.8 Å². The molecule has 0 aliphatic heterocycles. The average Bonchev–Trinajstić information content (AvgIpc) is 2.34. The molecule has 0 saturated carbocycles. The van der Waals surface area contributed by atoms with Crippen LogP contribution >= 0.6 is 0 Å². The van der Waals surface area contributed by atoms with Crippen LogP contribution in [0, 0.1) is 21.4 Å².